The van der Waals surface area contributed by atoms with Gasteiger partial charge in [0, 0.05) is 48.0 Å². The number of likely N-dealkylation sites (tertiary alicyclic amines) is 1. The second-order valence-corrected chi connectivity index (χ2v) is 6.58. The third-order valence-electron chi connectivity index (χ3n) is 5.07. The van der Waals surface area contributed by atoms with E-state index in [1.54, 1.807) is 12.4 Å². The molecule has 3 rings (SSSR count). The van der Waals surface area contributed by atoms with Gasteiger partial charge in [-0.1, -0.05) is 12.5 Å². The maximum Gasteiger partial charge on any atom is 0.251 e. The number of hydrogen-bond acceptors (Lipinski definition) is 3. The molecule has 1 aliphatic rings. The van der Waals surface area contributed by atoms with Crippen LogP contribution < -0.4 is 5.73 Å². The highest BCUT2D eigenvalue weighted by atomic mass is 16.1. The standard InChI is InChI=1S/C19H26N4O/c1-14-17(16-7-6-8-21-13-16)18(19(20)24)15(2)23(14)12-11-22-9-4-3-5-10-22/h6-8,13H,3-5,9-12H2,1-2H3,(H2,20,24). The van der Waals surface area contributed by atoms with E-state index in [0.717, 1.165) is 35.6 Å². The topological polar surface area (TPSA) is 64.2 Å². The molecule has 24 heavy (non-hydrogen) atoms. The number of piperidine rings is 1. The van der Waals surface area contributed by atoms with Gasteiger partial charge in [0.1, 0.15) is 0 Å². The van der Waals surface area contributed by atoms with Gasteiger partial charge in [-0.15, -0.1) is 0 Å². The van der Waals surface area contributed by atoms with Gasteiger partial charge in [0.2, 0.25) is 0 Å². The van der Waals surface area contributed by atoms with Gasteiger partial charge in [-0.2, -0.15) is 0 Å². The van der Waals surface area contributed by atoms with E-state index in [4.69, 9.17) is 5.73 Å². The van der Waals surface area contributed by atoms with Crippen molar-refractivity contribution in [2.75, 3.05) is 19.6 Å². The average molecular weight is 326 g/mol. The summed E-state index contributed by atoms with van der Waals surface area (Å²) in [5.74, 6) is -0.369. The van der Waals surface area contributed by atoms with Crippen LogP contribution in [0.15, 0.2) is 24.5 Å². The van der Waals surface area contributed by atoms with Crippen molar-refractivity contribution < 1.29 is 4.79 Å². The van der Waals surface area contributed by atoms with E-state index in [9.17, 15) is 4.79 Å². The quantitative estimate of drug-likeness (QED) is 0.919. The molecule has 2 N–H and O–H groups in total. The van der Waals surface area contributed by atoms with E-state index in [1.807, 2.05) is 19.1 Å². The Morgan fingerprint density at radius 1 is 1.17 bits per heavy atom. The van der Waals surface area contributed by atoms with E-state index >= 15 is 0 Å². The zero-order chi connectivity index (χ0) is 17.1. The number of carbonyl (C=O) groups excluding carboxylic acids is 1. The number of amides is 1. The second kappa shape index (κ2) is 7.18. The predicted molar refractivity (Wildman–Crippen MR) is 95.9 cm³/mol. The molecule has 0 bridgehead atoms. The maximum absolute atomic E-state index is 12.1. The van der Waals surface area contributed by atoms with Crippen molar-refractivity contribution in [3.8, 4) is 11.1 Å². The van der Waals surface area contributed by atoms with E-state index in [0.29, 0.717) is 5.56 Å². The summed E-state index contributed by atoms with van der Waals surface area (Å²) >= 11 is 0. The largest absolute Gasteiger partial charge is 0.366 e. The molecule has 2 aromatic rings. The molecular formula is C19H26N4O. The first-order chi connectivity index (χ1) is 11.6. The number of primary amides is 1. The number of aromatic nitrogens is 2. The third kappa shape index (κ3) is 3.22. The average Bonchev–Trinajstić information content (AvgIpc) is 2.85. The highest BCUT2D eigenvalue weighted by Gasteiger charge is 2.23. The number of hydrogen-bond donors (Lipinski definition) is 1. The zero-order valence-electron chi connectivity index (χ0n) is 14.6. The summed E-state index contributed by atoms with van der Waals surface area (Å²) in [5, 5.41) is 0. The minimum Gasteiger partial charge on any atom is -0.366 e. The zero-order valence-corrected chi connectivity index (χ0v) is 14.6. The lowest BCUT2D eigenvalue weighted by Gasteiger charge is -2.27. The summed E-state index contributed by atoms with van der Waals surface area (Å²) in [5.41, 5.74) is 10.2. The summed E-state index contributed by atoms with van der Waals surface area (Å²) in [4.78, 5) is 18.8. The molecule has 1 saturated heterocycles. The highest BCUT2D eigenvalue weighted by Crippen LogP contribution is 2.31. The number of nitrogens with two attached hydrogens (primary N) is 1. The molecule has 1 fully saturated rings. The molecule has 2 aromatic heterocycles. The van der Waals surface area contributed by atoms with Crippen LogP contribution in [-0.4, -0.2) is 40.0 Å². The van der Waals surface area contributed by atoms with Crippen LogP contribution in [0.3, 0.4) is 0 Å². The van der Waals surface area contributed by atoms with Crippen LogP contribution in [0.2, 0.25) is 0 Å². The van der Waals surface area contributed by atoms with Crippen LogP contribution >= 0.6 is 0 Å². The highest BCUT2D eigenvalue weighted by molar-refractivity contribution is 6.02. The molecular weight excluding hydrogens is 300 g/mol. The number of rotatable bonds is 5. The molecule has 1 amide bonds. The Kier molecular flexibility index (Phi) is 5.00. The molecule has 0 aromatic carbocycles. The summed E-state index contributed by atoms with van der Waals surface area (Å²) < 4.78 is 2.23. The minimum atomic E-state index is -0.369. The van der Waals surface area contributed by atoms with Crippen LogP contribution in [-0.2, 0) is 6.54 Å². The van der Waals surface area contributed by atoms with Crippen molar-refractivity contribution in [3.63, 3.8) is 0 Å². The fourth-order valence-electron chi connectivity index (χ4n) is 3.81. The maximum atomic E-state index is 12.1. The lowest BCUT2D eigenvalue weighted by Crippen LogP contribution is -2.32. The Morgan fingerprint density at radius 2 is 1.92 bits per heavy atom. The molecule has 0 spiro atoms. The smallest absolute Gasteiger partial charge is 0.251 e. The molecule has 3 heterocycles. The Bertz CT molecular complexity index is 715. The van der Waals surface area contributed by atoms with Crippen molar-refractivity contribution in [2.24, 2.45) is 5.73 Å². The Balaban J connectivity index is 1.93. The van der Waals surface area contributed by atoms with E-state index in [2.05, 4.69) is 21.4 Å². The van der Waals surface area contributed by atoms with Gasteiger partial charge < -0.3 is 15.2 Å². The third-order valence-corrected chi connectivity index (χ3v) is 5.07. The monoisotopic (exact) mass is 326 g/mol. The molecule has 5 heteroatoms. The first kappa shape index (κ1) is 16.7. The SMILES string of the molecule is Cc1c(C(N)=O)c(-c2cccnc2)c(C)n1CCN1CCCCC1. The van der Waals surface area contributed by atoms with Crippen molar-refractivity contribution in [3.05, 3.63) is 41.5 Å². The lowest BCUT2D eigenvalue weighted by molar-refractivity contribution is 0.1000. The van der Waals surface area contributed by atoms with Crippen molar-refractivity contribution in [1.82, 2.24) is 14.5 Å². The summed E-state index contributed by atoms with van der Waals surface area (Å²) in [7, 11) is 0. The lowest BCUT2D eigenvalue weighted by atomic mass is 10.0. The van der Waals surface area contributed by atoms with Crippen molar-refractivity contribution in [2.45, 2.75) is 39.7 Å². The summed E-state index contributed by atoms with van der Waals surface area (Å²) in [6.45, 7) is 8.31. The number of pyridine rings is 1. The van der Waals surface area contributed by atoms with Crippen LogP contribution in [0.25, 0.3) is 11.1 Å². The first-order valence-corrected chi connectivity index (χ1v) is 8.72. The van der Waals surface area contributed by atoms with Crippen LogP contribution in [0.4, 0.5) is 0 Å². The minimum absolute atomic E-state index is 0.369. The van der Waals surface area contributed by atoms with Crippen LogP contribution in [0, 0.1) is 13.8 Å². The molecule has 0 atom stereocenters. The molecule has 0 unspecified atom stereocenters. The van der Waals surface area contributed by atoms with E-state index in [-0.39, 0.29) is 5.91 Å². The second-order valence-electron chi connectivity index (χ2n) is 6.58. The van der Waals surface area contributed by atoms with Crippen molar-refractivity contribution >= 4 is 5.91 Å². The van der Waals surface area contributed by atoms with Gasteiger partial charge in [-0.3, -0.25) is 9.78 Å². The number of nitrogens with zero attached hydrogens (tertiary/aromatic N) is 3. The molecule has 0 radical (unpaired) electrons. The van der Waals surface area contributed by atoms with E-state index in [1.165, 1.54) is 32.4 Å². The van der Waals surface area contributed by atoms with Gasteiger partial charge >= 0.3 is 0 Å². The van der Waals surface area contributed by atoms with Gasteiger partial charge in [0.05, 0.1) is 5.56 Å². The Morgan fingerprint density at radius 3 is 2.54 bits per heavy atom. The predicted octanol–water partition coefficient (Wildman–Crippen LogP) is 2.75. The summed E-state index contributed by atoms with van der Waals surface area (Å²) in [6, 6.07) is 3.87. The summed E-state index contributed by atoms with van der Waals surface area (Å²) in [6.07, 6.45) is 7.45. The van der Waals surface area contributed by atoms with Gasteiger partial charge in [0.15, 0.2) is 0 Å². The van der Waals surface area contributed by atoms with Crippen LogP contribution in [0.5, 0.6) is 0 Å². The fourth-order valence-corrected chi connectivity index (χ4v) is 3.81. The Labute approximate surface area is 143 Å². The fraction of sp³-hybridized carbons (Fsp3) is 0.474. The van der Waals surface area contributed by atoms with Crippen LogP contribution in [0.1, 0.15) is 41.0 Å². The van der Waals surface area contributed by atoms with E-state index < -0.39 is 0 Å². The first-order valence-electron chi connectivity index (χ1n) is 8.72. The molecule has 0 saturated carbocycles. The van der Waals surface area contributed by atoms with Gasteiger partial charge in [-0.25, -0.2) is 0 Å². The molecule has 128 valence electrons. The molecule has 0 aliphatic carbocycles. The normalized spacial score (nSPS) is 15.6. The van der Waals surface area contributed by atoms with Crippen molar-refractivity contribution in [1.29, 1.82) is 0 Å². The Hall–Kier alpha value is -2.14. The molecule has 5 nitrogen and oxygen atoms in total. The molecule has 1 aliphatic heterocycles. The van der Waals surface area contributed by atoms with Gasteiger partial charge in [0.25, 0.3) is 5.91 Å². The number of carbonyl (C=O) groups is 1. The van der Waals surface area contributed by atoms with Gasteiger partial charge in [-0.05, 0) is 45.8 Å².